The van der Waals surface area contributed by atoms with Gasteiger partial charge in [0, 0.05) is 24.2 Å². The van der Waals surface area contributed by atoms with Crippen LogP contribution in [0.25, 0.3) is 11.5 Å². The van der Waals surface area contributed by atoms with Crippen LogP contribution in [0.1, 0.15) is 16.1 Å². The van der Waals surface area contributed by atoms with Crippen LogP contribution in [0.15, 0.2) is 74.6 Å². The number of furan rings is 1. The minimum atomic E-state index is -3.78. The number of rotatable bonds is 9. The zero-order valence-electron chi connectivity index (χ0n) is 19.1. The highest BCUT2D eigenvalue weighted by atomic mass is 32.2. The summed E-state index contributed by atoms with van der Waals surface area (Å²) in [5.74, 6) is 1.19. The van der Waals surface area contributed by atoms with Gasteiger partial charge in [-0.3, -0.25) is 10.1 Å². The Hall–Kier alpha value is -4.16. The standard InChI is InChI=1S/C23H22N4O7S/c1-27(14-17-5-4-10-33-17)35(29,30)20-8-6-15(7-9-20)21(28)24-23-26-25-22(34-23)16-11-18(31-2)13-19(12-16)32-3/h4-13H,14H2,1-3H3,(H,24,26,28). The number of hydrogen-bond donors (Lipinski definition) is 1. The second kappa shape index (κ2) is 9.99. The molecule has 4 rings (SSSR count). The van der Waals surface area contributed by atoms with Gasteiger partial charge in [-0.2, -0.15) is 4.31 Å². The Balaban J connectivity index is 1.45. The van der Waals surface area contributed by atoms with Crippen LogP contribution in [0.3, 0.4) is 0 Å². The molecule has 2 aromatic carbocycles. The number of ether oxygens (including phenoxy) is 2. The lowest BCUT2D eigenvalue weighted by molar-refractivity contribution is 0.102. The number of amides is 1. The van der Waals surface area contributed by atoms with Crippen LogP contribution < -0.4 is 14.8 Å². The topological polar surface area (TPSA) is 137 Å². The van der Waals surface area contributed by atoms with Crippen molar-refractivity contribution < 1.29 is 31.5 Å². The fourth-order valence-corrected chi connectivity index (χ4v) is 4.29. The number of hydrogen-bond acceptors (Lipinski definition) is 9. The highest BCUT2D eigenvalue weighted by Gasteiger charge is 2.22. The number of sulfonamides is 1. The zero-order chi connectivity index (χ0) is 25.0. The number of carbonyl (C=O) groups is 1. The number of nitrogens with one attached hydrogen (secondary N) is 1. The molecule has 0 fully saturated rings. The second-order valence-corrected chi connectivity index (χ2v) is 9.38. The lowest BCUT2D eigenvalue weighted by atomic mass is 10.2. The van der Waals surface area contributed by atoms with Gasteiger partial charge in [0.15, 0.2) is 0 Å². The largest absolute Gasteiger partial charge is 0.497 e. The quantitative estimate of drug-likeness (QED) is 0.368. The minimum absolute atomic E-state index is 0.0372. The molecule has 11 nitrogen and oxygen atoms in total. The average molecular weight is 499 g/mol. The van der Waals surface area contributed by atoms with E-state index in [1.165, 1.54) is 51.8 Å². The summed E-state index contributed by atoms with van der Waals surface area (Å²) < 4.78 is 48.0. The van der Waals surface area contributed by atoms with Gasteiger partial charge in [0.05, 0.1) is 31.9 Å². The molecule has 0 spiro atoms. The Morgan fingerprint density at radius 3 is 2.31 bits per heavy atom. The summed E-state index contributed by atoms with van der Waals surface area (Å²) in [5.41, 5.74) is 0.753. The summed E-state index contributed by atoms with van der Waals surface area (Å²) in [6.07, 6.45) is 1.48. The number of nitrogens with zero attached hydrogens (tertiary/aromatic N) is 3. The summed E-state index contributed by atoms with van der Waals surface area (Å²) >= 11 is 0. The normalized spacial score (nSPS) is 11.4. The molecule has 1 amide bonds. The van der Waals surface area contributed by atoms with E-state index in [4.69, 9.17) is 18.3 Å². The van der Waals surface area contributed by atoms with Crippen LogP contribution in [0.4, 0.5) is 6.01 Å². The van der Waals surface area contributed by atoms with Crippen molar-refractivity contribution in [2.75, 3.05) is 26.6 Å². The molecule has 0 unspecified atom stereocenters. The van der Waals surface area contributed by atoms with Gasteiger partial charge in [-0.05, 0) is 48.5 Å². The molecule has 2 heterocycles. The SMILES string of the molecule is COc1cc(OC)cc(-c2nnc(NC(=O)c3ccc(S(=O)(=O)N(C)Cc4ccco4)cc3)o2)c1. The first-order valence-electron chi connectivity index (χ1n) is 10.3. The Morgan fingerprint density at radius 2 is 1.71 bits per heavy atom. The van der Waals surface area contributed by atoms with Crippen LogP contribution in [-0.4, -0.2) is 50.1 Å². The van der Waals surface area contributed by atoms with Crippen LogP contribution in [0, 0.1) is 0 Å². The van der Waals surface area contributed by atoms with E-state index in [1.54, 1.807) is 30.3 Å². The van der Waals surface area contributed by atoms with Gasteiger partial charge in [-0.15, -0.1) is 5.10 Å². The second-order valence-electron chi connectivity index (χ2n) is 7.33. The zero-order valence-corrected chi connectivity index (χ0v) is 19.9. The van der Waals surface area contributed by atoms with E-state index in [0.29, 0.717) is 22.8 Å². The van der Waals surface area contributed by atoms with Crippen LogP contribution >= 0.6 is 0 Å². The third-order valence-corrected chi connectivity index (χ3v) is 6.84. The minimum Gasteiger partial charge on any atom is -0.497 e. The van der Waals surface area contributed by atoms with E-state index in [9.17, 15) is 13.2 Å². The van der Waals surface area contributed by atoms with Crippen molar-refractivity contribution in [1.82, 2.24) is 14.5 Å². The average Bonchev–Trinajstić information content (AvgIpc) is 3.56. The molecule has 0 bridgehead atoms. The molecule has 0 saturated heterocycles. The Bertz CT molecular complexity index is 1390. The van der Waals surface area contributed by atoms with Crippen LogP contribution in [0.2, 0.25) is 0 Å². The van der Waals surface area contributed by atoms with E-state index in [0.717, 1.165) is 4.31 Å². The maximum atomic E-state index is 12.8. The van der Waals surface area contributed by atoms with Crippen molar-refractivity contribution in [1.29, 1.82) is 0 Å². The van der Waals surface area contributed by atoms with E-state index >= 15 is 0 Å². The van der Waals surface area contributed by atoms with E-state index in [1.807, 2.05) is 0 Å². The van der Waals surface area contributed by atoms with E-state index < -0.39 is 15.9 Å². The molecule has 0 aliphatic carbocycles. The van der Waals surface area contributed by atoms with Crippen molar-refractivity contribution in [2.45, 2.75) is 11.4 Å². The summed E-state index contributed by atoms with van der Waals surface area (Å²) in [4.78, 5) is 12.7. The third-order valence-electron chi connectivity index (χ3n) is 5.03. The Labute approximate surface area is 201 Å². The van der Waals surface area contributed by atoms with Gasteiger partial charge in [0.1, 0.15) is 17.3 Å². The molecule has 0 atom stereocenters. The lowest BCUT2D eigenvalue weighted by Crippen LogP contribution is -2.26. The van der Waals surface area contributed by atoms with E-state index in [2.05, 4.69) is 15.5 Å². The summed E-state index contributed by atoms with van der Waals surface area (Å²) in [7, 11) is 0.712. The van der Waals surface area contributed by atoms with E-state index in [-0.39, 0.29) is 28.9 Å². The van der Waals surface area contributed by atoms with Crippen molar-refractivity contribution in [2.24, 2.45) is 0 Å². The molecule has 182 valence electrons. The molecular weight excluding hydrogens is 476 g/mol. The Kier molecular flexibility index (Phi) is 6.85. The highest BCUT2D eigenvalue weighted by molar-refractivity contribution is 7.89. The van der Waals surface area contributed by atoms with Crippen LogP contribution in [0.5, 0.6) is 11.5 Å². The highest BCUT2D eigenvalue weighted by Crippen LogP contribution is 2.29. The van der Waals surface area contributed by atoms with Crippen LogP contribution in [-0.2, 0) is 16.6 Å². The molecule has 0 radical (unpaired) electrons. The van der Waals surface area contributed by atoms with Gasteiger partial charge < -0.3 is 18.3 Å². The molecular formula is C23H22N4O7S. The van der Waals surface area contributed by atoms with Gasteiger partial charge >= 0.3 is 6.01 Å². The van der Waals surface area contributed by atoms with Gasteiger partial charge in [-0.1, -0.05) is 5.10 Å². The molecule has 0 aliphatic rings. The van der Waals surface area contributed by atoms with Crippen molar-refractivity contribution >= 4 is 21.9 Å². The maximum Gasteiger partial charge on any atom is 0.322 e. The first kappa shape index (κ1) is 24.0. The fraction of sp³-hybridized carbons (Fsp3) is 0.174. The number of anilines is 1. The molecule has 0 aliphatic heterocycles. The van der Waals surface area contributed by atoms with Gasteiger partial charge in [0.2, 0.25) is 15.9 Å². The van der Waals surface area contributed by atoms with Crippen molar-refractivity contribution in [3.05, 3.63) is 72.2 Å². The fourth-order valence-electron chi connectivity index (χ4n) is 3.16. The summed E-state index contributed by atoms with van der Waals surface area (Å²) in [6.45, 7) is 0.0796. The molecule has 2 aromatic heterocycles. The first-order valence-corrected chi connectivity index (χ1v) is 11.7. The number of carbonyl (C=O) groups excluding carboxylic acids is 1. The molecule has 4 aromatic rings. The first-order chi connectivity index (χ1) is 16.8. The third kappa shape index (κ3) is 5.34. The summed E-state index contributed by atoms with van der Waals surface area (Å²) in [6, 6.07) is 13.8. The van der Waals surface area contributed by atoms with Crippen molar-refractivity contribution in [3.63, 3.8) is 0 Å². The molecule has 12 heteroatoms. The molecule has 0 saturated carbocycles. The summed E-state index contributed by atoms with van der Waals surface area (Å²) in [5, 5.41) is 10.3. The van der Waals surface area contributed by atoms with Crippen molar-refractivity contribution in [3.8, 4) is 23.0 Å². The molecule has 1 N–H and O–H groups in total. The predicted molar refractivity (Wildman–Crippen MR) is 125 cm³/mol. The van der Waals surface area contributed by atoms with Gasteiger partial charge in [-0.25, -0.2) is 8.42 Å². The van der Waals surface area contributed by atoms with Gasteiger partial charge in [0.25, 0.3) is 5.91 Å². The predicted octanol–water partition coefficient (Wildman–Crippen LogP) is 3.42. The number of methoxy groups -OCH3 is 2. The smallest absolute Gasteiger partial charge is 0.322 e. The lowest BCUT2D eigenvalue weighted by Gasteiger charge is -2.16. The number of benzene rings is 2. The monoisotopic (exact) mass is 498 g/mol. The maximum absolute atomic E-state index is 12.8. The number of aromatic nitrogens is 2. The Morgan fingerprint density at radius 1 is 1.03 bits per heavy atom. The molecule has 35 heavy (non-hydrogen) atoms.